The average Bonchev–Trinajstić information content (AvgIpc) is 3.02. The van der Waals surface area contributed by atoms with Gasteiger partial charge in [0.2, 0.25) is 0 Å². The molecule has 0 unspecified atom stereocenters. The van der Waals surface area contributed by atoms with Gasteiger partial charge in [-0.2, -0.15) is 4.80 Å². The summed E-state index contributed by atoms with van der Waals surface area (Å²) < 4.78 is 11.0. The summed E-state index contributed by atoms with van der Waals surface area (Å²) in [6.07, 6.45) is 1.00. The average molecular weight is 326 g/mol. The van der Waals surface area contributed by atoms with Crippen LogP contribution in [0, 0.1) is 0 Å². The maximum atomic E-state index is 5.74. The molecule has 0 aliphatic rings. The van der Waals surface area contributed by atoms with Crippen LogP contribution in [0.1, 0.15) is 6.42 Å². The van der Waals surface area contributed by atoms with Crippen molar-refractivity contribution in [3.63, 3.8) is 0 Å². The predicted octanol–water partition coefficient (Wildman–Crippen LogP) is 2.76. The molecule has 6 nitrogen and oxygen atoms in total. The van der Waals surface area contributed by atoms with E-state index < -0.39 is 0 Å². The van der Waals surface area contributed by atoms with Crippen LogP contribution in [0.3, 0.4) is 0 Å². The minimum absolute atomic E-state index is 0.710. The van der Waals surface area contributed by atoms with Crippen LogP contribution in [0.2, 0.25) is 0 Å². The number of aromatic nitrogens is 3. The Balaban J connectivity index is 1.69. The molecular formula is C18H22N4O2. The van der Waals surface area contributed by atoms with Crippen molar-refractivity contribution in [2.45, 2.75) is 6.42 Å². The highest BCUT2D eigenvalue weighted by Gasteiger charge is 2.06. The second-order valence-electron chi connectivity index (χ2n) is 5.84. The van der Waals surface area contributed by atoms with Crippen molar-refractivity contribution in [2.75, 3.05) is 34.4 Å². The van der Waals surface area contributed by atoms with Crippen molar-refractivity contribution in [2.24, 2.45) is 0 Å². The first-order valence-electron chi connectivity index (χ1n) is 7.95. The van der Waals surface area contributed by atoms with Gasteiger partial charge in [-0.3, -0.25) is 0 Å². The van der Waals surface area contributed by atoms with E-state index in [1.807, 2.05) is 42.5 Å². The number of rotatable bonds is 7. The van der Waals surface area contributed by atoms with Gasteiger partial charge in [-0.15, -0.1) is 10.2 Å². The zero-order chi connectivity index (χ0) is 16.9. The number of ether oxygens (including phenoxy) is 2. The van der Waals surface area contributed by atoms with E-state index in [0.29, 0.717) is 6.61 Å². The van der Waals surface area contributed by atoms with Gasteiger partial charge in [0.1, 0.15) is 22.5 Å². The number of benzene rings is 2. The highest BCUT2D eigenvalue weighted by molar-refractivity contribution is 5.75. The first kappa shape index (κ1) is 16.3. The van der Waals surface area contributed by atoms with Gasteiger partial charge >= 0.3 is 0 Å². The molecule has 1 aromatic heterocycles. The van der Waals surface area contributed by atoms with Crippen LogP contribution in [0.15, 0.2) is 42.5 Å². The van der Waals surface area contributed by atoms with Crippen molar-refractivity contribution in [3.05, 3.63) is 42.5 Å². The number of hydrogen-bond donors (Lipinski definition) is 0. The maximum absolute atomic E-state index is 5.74. The van der Waals surface area contributed by atoms with E-state index in [9.17, 15) is 0 Å². The highest BCUT2D eigenvalue weighted by Crippen LogP contribution is 2.20. The van der Waals surface area contributed by atoms with Gasteiger partial charge in [0.05, 0.1) is 19.4 Å². The highest BCUT2D eigenvalue weighted by atomic mass is 16.5. The summed E-state index contributed by atoms with van der Waals surface area (Å²) in [5.41, 5.74) is 2.53. The van der Waals surface area contributed by atoms with Crippen molar-refractivity contribution in [1.82, 2.24) is 19.9 Å². The van der Waals surface area contributed by atoms with Gasteiger partial charge < -0.3 is 14.4 Å². The van der Waals surface area contributed by atoms with E-state index in [1.54, 1.807) is 11.9 Å². The molecule has 0 spiro atoms. The molecule has 0 radical (unpaired) electrons. The summed E-state index contributed by atoms with van der Waals surface area (Å²) in [6.45, 7) is 1.73. The Kier molecular flexibility index (Phi) is 4.96. The van der Waals surface area contributed by atoms with Crippen molar-refractivity contribution in [1.29, 1.82) is 0 Å². The van der Waals surface area contributed by atoms with Crippen molar-refractivity contribution < 1.29 is 9.47 Å². The quantitative estimate of drug-likeness (QED) is 0.625. The molecule has 0 bridgehead atoms. The Morgan fingerprint density at radius 3 is 2.38 bits per heavy atom. The Morgan fingerprint density at radius 1 is 0.958 bits per heavy atom. The van der Waals surface area contributed by atoms with Crippen LogP contribution in [0.25, 0.3) is 16.7 Å². The lowest BCUT2D eigenvalue weighted by Crippen LogP contribution is -2.15. The van der Waals surface area contributed by atoms with Gasteiger partial charge in [0.25, 0.3) is 0 Å². The van der Waals surface area contributed by atoms with E-state index in [4.69, 9.17) is 9.47 Å². The van der Waals surface area contributed by atoms with Crippen molar-refractivity contribution >= 4 is 11.0 Å². The molecule has 0 fully saturated rings. The van der Waals surface area contributed by atoms with Crippen LogP contribution in [-0.2, 0) is 0 Å². The molecule has 3 rings (SSSR count). The minimum atomic E-state index is 0.710. The number of nitrogens with zero attached hydrogens (tertiary/aromatic N) is 4. The topological polar surface area (TPSA) is 52.4 Å². The first-order valence-corrected chi connectivity index (χ1v) is 7.95. The third-order valence-corrected chi connectivity index (χ3v) is 3.67. The summed E-state index contributed by atoms with van der Waals surface area (Å²) in [4.78, 5) is 3.77. The van der Waals surface area contributed by atoms with Crippen LogP contribution >= 0.6 is 0 Å². The molecule has 0 aliphatic heterocycles. The molecule has 3 aromatic rings. The molecule has 0 saturated heterocycles. The Labute approximate surface area is 141 Å². The van der Waals surface area contributed by atoms with Crippen LogP contribution in [-0.4, -0.2) is 54.3 Å². The third-order valence-electron chi connectivity index (χ3n) is 3.67. The number of fused-ring (bicyclic) bond motifs is 1. The molecule has 1 heterocycles. The summed E-state index contributed by atoms with van der Waals surface area (Å²) in [7, 11) is 5.76. The third kappa shape index (κ3) is 3.83. The molecule has 0 saturated carbocycles. The molecule has 0 N–H and O–H groups in total. The molecule has 126 valence electrons. The van der Waals surface area contributed by atoms with Crippen molar-refractivity contribution in [3.8, 4) is 17.2 Å². The van der Waals surface area contributed by atoms with Gasteiger partial charge in [0, 0.05) is 12.6 Å². The van der Waals surface area contributed by atoms with Gasteiger partial charge in [0.15, 0.2) is 0 Å². The van der Waals surface area contributed by atoms with Gasteiger partial charge in [-0.25, -0.2) is 0 Å². The van der Waals surface area contributed by atoms with Crippen LogP contribution < -0.4 is 9.47 Å². The Hall–Kier alpha value is -2.60. The smallest absolute Gasteiger partial charge is 0.121 e. The lowest BCUT2D eigenvalue weighted by atomic mass is 10.3. The lowest BCUT2D eigenvalue weighted by molar-refractivity contribution is 0.281. The summed E-state index contributed by atoms with van der Waals surface area (Å²) in [5.74, 6) is 1.63. The zero-order valence-electron chi connectivity index (χ0n) is 14.3. The van der Waals surface area contributed by atoms with E-state index in [2.05, 4.69) is 29.2 Å². The minimum Gasteiger partial charge on any atom is -0.497 e. The molecule has 6 heteroatoms. The molecule has 0 aliphatic carbocycles. The van der Waals surface area contributed by atoms with Gasteiger partial charge in [-0.05, 0) is 56.9 Å². The summed E-state index contributed by atoms with van der Waals surface area (Å²) >= 11 is 0. The van der Waals surface area contributed by atoms with Crippen LogP contribution in [0.4, 0.5) is 0 Å². The molecule has 0 atom stereocenters. The van der Waals surface area contributed by atoms with E-state index >= 15 is 0 Å². The van der Waals surface area contributed by atoms with E-state index in [0.717, 1.165) is 41.2 Å². The normalized spacial score (nSPS) is 11.2. The zero-order valence-corrected chi connectivity index (χ0v) is 14.3. The monoisotopic (exact) mass is 326 g/mol. The number of hydrogen-bond acceptors (Lipinski definition) is 5. The van der Waals surface area contributed by atoms with E-state index in [-0.39, 0.29) is 0 Å². The molecule has 2 aromatic carbocycles. The Bertz CT molecular complexity index is 796. The second-order valence-corrected chi connectivity index (χ2v) is 5.84. The fourth-order valence-corrected chi connectivity index (χ4v) is 2.38. The Morgan fingerprint density at radius 2 is 1.67 bits per heavy atom. The summed E-state index contributed by atoms with van der Waals surface area (Å²) in [5, 5.41) is 8.98. The fraction of sp³-hybridized carbons (Fsp3) is 0.333. The maximum Gasteiger partial charge on any atom is 0.121 e. The second kappa shape index (κ2) is 7.31. The fourth-order valence-electron chi connectivity index (χ4n) is 2.38. The van der Waals surface area contributed by atoms with E-state index in [1.165, 1.54) is 0 Å². The first-order chi connectivity index (χ1) is 11.7. The molecule has 0 amide bonds. The SMILES string of the molecule is COc1ccc2nn(-c3ccc(OCCCN(C)C)cc3)nc2c1. The lowest BCUT2D eigenvalue weighted by Gasteiger charge is -2.10. The van der Waals surface area contributed by atoms with Crippen LogP contribution in [0.5, 0.6) is 11.5 Å². The van der Waals surface area contributed by atoms with Gasteiger partial charge in [-0.1, -0.05) is 0 Å². The largest absolute Gasteiger partial charge is 0.497 e. The molecule has 24 heavy (non-hydrogen) atoms. The predicted molar refractivity (Wildman–Crippen MR) is 94.1 cm³/mol. The standard InChI is InChI=1S/C18H22N4O2/c1-21(2)11-4-12-24-15-7-5-14(6-8-15)22-19-17-10-9-16(23-3)13-18(17)20-22/h5-10,13H,4,11-12H2,1-3H3. The summed E-state index contributed by atoms with van der Waals surface area (Å²) in [6, 6.07) is 13.5. The number of methoxy groups -OCH3 is 1. The molecular weight excluding hydrogens is 304 g/mol.